The van der Waals surface area contributed by atoms with Crippen molar-refractivity contribution in [1.29, 1.82) is 0 Å². The summed E-state index contributed by atoms with van der Waals surface area (Å²) in [5, 5.41) is 0. The van der Waals surface area contributed by atoms with Gasteiger partial charge >= 0.3 is 0 Å². The lowest BCUT2D eigenvalue weighted by Crippen LogP contribution is -2.17. The molecule has 0 saturated heterocycles. The van der Waals surface area contributed by atoms with E-state index in [1.807, 2.05) is 0 Å². The molecule has 0 aliphatic heterocycles. The predicted molar refractivity (Wildman–Crippen MR) is 81.5 cm³/mol. The molecule has 3 nitrogen and oxygen atoms in total. The van der Waals surface area contributed by atoms with Crippen LogP contribution in [0.5, 0.6) is 0 Å². The zero-order chi connectivity index (χ0) is 14.2. The minimum atomic E-state index is 0.0663. The van der Waals surface area contributed by atoms with Gasteiger partial charge in [0.25, 0.3) is 0 Å². The molecule has 0 spiro atoms. The number of rotatable bonds is 3. The Balaban J connectivity index is 2.51. The van der Waals surface area contributed by atoms with Gasteiger partial charge < -0.3 is 10.3 Å². The van der Waals surface area contributed by atoms with Gasteiger partial charge in [0, 0.05) is 12.5 Å². The number of hydrogen-bond donors (Lipinski definition) is 1. The molecule has 0 aliphatic carbocycles. The summed E-state index contributed by atoms with van der Waals surface area (Å²) in [5.41, 5.74) is 9.36. The molecule has 1 aromatic heterocycles. The lowest BCUT2D eigenvalue weighted by molar-refractivity contribution is 0.526. The average Bonchev–Trinajstić information content (AvgIpc) is 2.66. The van der Waals surface area contributed by atoms with Gasteiger partial charge in [0.15, 0.2) is 0 Å². The molecule has 0 radical (unpaired) electrons. The number of aromatic nitrogens is 2. The summed E-state index contributed by atoms with van der Waals surface area (Å²) >= 11 is 0. The van der Waals surface area contributed by atoms with Crippen LogP contribution in [0.1, 0.15) is 51.4 Å². The topological polar surface area (TPSA) is 43.8 Å². The molecule has 2 N–H and O–H groups in total. The maximum Gasteiger partial charge on any atom is 0.115 e. The first kappa shape index (κ1) is 14.1. The molecule has 0 fully saturated rings. The van der Waals surface area contributed by atoms with Gasteiger partial charge in [-0.2, -0.15) is 0 Å². The van der Waals surface area contributed by atoms with Crippen LogP contribution in [0.25, 0.3) is 11.0 Å². The minimum absolute atomic E-state index is 0.0663. The van der Waals surface area contributed by atoms with Crippen LogP contribution >= 0.6 is 0 Å². The number of benzene rings is 1. The van der Waals surface area contributed by atoms with E-state index in [4.69, 9.17) is 10.7 Å². The zero-order valence-electron chi connectivity index (χ0n) is 12.7. The molecule has 19 heavy (non-hydrogen) atoms. The van der Waals surface area contributed by atoms with E-state index in [9.17, 15) is 0 Å². The third-order valence-corrected chi connectivity index (χ3v) is 3.74. The van der Waals surface area contributed by atoms with Gasteiger partial charge in [-0.1, -0.05) is 33.8 Å². The number of fused-ring (bicyclic) bond motifs is 1. The van der Waals surface area contributed by atoms with E-state index in [-0.39, 0.29) is 5.41 Å². The first-order valence-corrected chi connectivity index (χ1v) is 7.01. The Bertz CT molecular complexity index is 575. The van der Waals surface area contributed by atoms with E-state index in [1.165, 1.54) is 11.1 Å². The molecule has 0 bridgehead atoms. The summed E-state index contributed by atoms with van der Waals surface area (Å²) in [4.78, 5) is 4.77. The molecule has 1 heterocycles. The molecule has 1 aromatic carbocycles. The van der Waals surface area contributed by atoms with E-state index < -0.39 is 0 Å². The van der Waals surface area contributed by atoms with Crippen LogP contribution in [0.2, 0.25) is 0 Å². The lowest BCUT2D eigenvalue weighted by atomic mass is 9.96. The van der Waals surface area contributed by atoms with Crippen molar-refractivity contribution < 1.29 is 0 Å². The molecule has 1 atom stereocenters. The van der Waals surface area contributed by atoms with Crippen LogP contribution in [0, 0.1) is 0 Å². The third-order valence-electron chi connectivity index (χ3n) is 3.74. The van der Waals surface area contributed by atoms with Gasteiger partial charge in [-0.15, -0.1) is 0 Å². The van der Waals surface area contributed by atoms with Crippen molar-refractivity contribution in [1.82, 2.24) is 9.55 Å². The van der Waals surface area contributed by atoms with E-state index in [1.54, 1.807) is 0 Å². The monoisotopic (exact) mass is 259 g/mol. The van der Waals surface area contributed by atoms with E-state index >= 15 is 0 Å². The molecule has 0 aliphatic rings. The Labute approximate surface area is 115 Å². The van der Waals surface area contributed by atoms with Gasteiger partial charge in [-0.25, -0.2) is 4.98 Å². The number of aryl methyl sites for hydroxylation is 1. The average molecular weight is 259 g/mol. The lowest BCUT2D eigenvalue weighted by Gasteiger charge is -2.17. The fourth-order valence-corrected chi connectivity index (χ4v) is 2.60. The van der Waals surface area contributed by atoms with Gasteiger partial charge in [0.1, 0.15) is 5.82 Å². The first-order chi connectivity index (χ1) is 8.84. The van der Waals surface area contributed by atoms with Gasteiger partial charge in [-0.05, 0) is 36.6 Å². The van der Waals surface area contributed by atoms with Crippen molar-refractivity contribution in [2.45, 2.75) is 45.4 Å². The highest BCUT2D eigenvalue weighted by molar-refractivity contribution is 5.77. The molecule has 2 aromatic rings. The van der Waals surface area contributed by atoms with Crippen molar-refractivity contribution in [3.8, 4) is 0 Å². The van der Waals surface area contributed by atoms with Crippen LogP contribution in [-0.4, -0.2) is 16.1 Å². The number of imidazole rings is 1. The SMILES string of the molecule is CC(CCN)c1ccc2nc(C(C)(C)C)n(C)c2c1. The summed E-state index contributed by atoms with van der Waals surface area (Å²) in [5.74, 6) is 1.63. The zero-order valence-corrected chi connectivity index (χ0v) is 12.7. The van der Waals surface area contributed by atoms with Crippen molar-refractivity contribution in [2.75, 3.05) is 6.54 Å². The van der Waals surface area contributed by atoms with Crippen molar-refractivity contribution in [2.24, 2.45) is 12.8 Å². The van der Waals surface area contributed by atoms with E-state index in [0.717, 1.165) is 24.3 Å². The quantitative estimate of drug-likeness (QED) is 0.919. The van der Waals surface area contributed by atoms with Gasteiger partial charge in [0.05, 0.1) is 11.0 Å². The molecular weight excluding hydrogens is 234 g/mol. The smallest absolute Gasteiger partial charge is 0.115 e. The van der Waals surface area contributed by atoms with Crippen molar-refractivity contribution >= 4 is 11.0 Å². The molecule has 1 unspecified atom stereocenters. The second kappa shape index (κ2) is 4.97. The molecule has 0 amide bonds. The molecule has 2 rings (SSSR count). The Morgan fingerprint density at radius 2 is 2.00 bits per heavy atom. The molecular formula is C16H25N3. The molecule has 0 saturated carbocycles. The van der Waals surface area contributed by atoms with Crippen molar-refractivity contribution in [3.05, 3.63) is 29.6 Å². The fourth-order valence-electron chi connectivity index (χ4n) is 2.60. The Morgan fingerprint density at radius 1 is 1.32 bits per heavy atom. The predicted octanol–water partition coefficient (Wildman–Crippen LogP) is 3.32. The fraction of sp³-hybridized carbons (Fsp3) is 0.562. The standard InChI is InChI=1S/C16H25N3/c1-11(8-9-17)12-6-7-13-14(10-12)19(5)15(18-13)16(2,3)4/h6-7,10-11H,8-9,17H2,1-5H3. The van der Waals surface area contributed by atoms with E-state index in [2.05, 4.69) is 57.5 Å². The molecule has 104 valence electrons. The second-order valence-electron chi connectivity index (χ2n) is 6.47. The summed E-state index contributed by atoms with van der Waals surface area (Å²) in [6.07, 6.45) is 1.02. The second-order valence-corrected chi connectivity index (χ2v) is 6.47. The minimum Gasteiger partial charge on any atom is -0.331 e. The van der Waals surface area contributed by atoms with Crippen LogP contribution < -0.4 is 5.73 Å². The summed E-state index contributed by atoms with van der Waals surface area (Å²) in [6, 6.07) is 6.58. The Morgan fingerprint density at radius 3 is 2.58 bits per heavy atom. The summed E-state index contributed by atoms with van der Waals surface area (Å²) < 4.78 is 2.22. The van der Waals surface area contributed by atoms with Crippen LogP contribution in [-0.2, 0) is 12.5 Å². The number of nitrogens with zero attached hydrogens (tertiary/aromatic N) is 2. The largest absolute Gasteiger partial charge is 0.331 e. The Kier molecular flexibility index (Phi) is 3.68. The van der Waals surface area contributed by atoms with Gasteiger partial charge in [0.2, 0.25) is 0 Å². The normalized spacial score (nSPS) is 14.0. The van der Waals surface area contributed by atoms with E-state index in [0.29, 0.717) is 5.92 Å². The summed E-state index contributed by atoms with van der Waals surface area (Å²) in [7, 11) is 2.10. The number of nitrogens with two attached hydrogens (primary N) is 1. The maximum absolute atomic E-state index is 5.65. The molecule has 3 heteroatoms. The first-order valence-electron chi connectivity index (χ1n) is 7.01. The number of hydrogen-bond acceptors (Lipinski definition) is 2. The highest BCUT2D eigenvalue weighted by Gasteiger charge is 2.21. The Hall–Kier alpha value is -1.35. The summed E-state index contributed by atoms with van der Waals surface area (Å²) in [6.45, 7) is 9.57. The third kappa shape index (κ3) is 2.66. The van der Waals surface area contributed by atoms with Gasteiger partial charge in [-0.3, -0.25) is 0 Å². The maximum atomic E-state index is 5.65. The van der Waals surface area contributed by atoms with Crippen LogP contribution in [0.4, 0.5) is 0 Å². The van der Waals surface area contributed by atoms with Crippen molar-refractivity contribution in [3.63, 3.8) is 0 Å². The highest BCUT2D eigenvalue weighted by Crippen LogP contribution is 2.28. The van der Waals surface area contributed by atoms with Crippen LogP contribution in [0.3, 0.4) is 0 Å². The highest BCUT2D eigenvalue weighted by atomic mass is 15.1. The van der Waals surface area contributed by atoms with Crippen LogP contribution in [0.15, 0.2) is 18.2 Å².